The van der Waals surface area contributed by atoms with Crippen LogP contribution in [0.4, 0.5) is 18.9 Å². The van der Waals surface area contributed by atoms with Crippen molar-refractivity contribution < 1.29 is 27.2 Å². The zero-order valence-electron chi connectivity index (χ0n) is 18.6. The number of alkyl halides is 3. The Morgan fingerprint density at radius 2 is 1.64 bits per heavy atom. The van der Waals surface area contributed by atoms with Crippen molar-refractivity contribution in [3.05, 3.63) is 78.1 Å². The number of halogens is 3. The number of ether oxygens (including phenoxy) is 1. The molecule has 174 valence electrons. The first-order valence-corrected chi connectivity index (χ1v) is 11.7. The summed E-state index contributed by atoms with van der Waals surface area (Å²) in [6.07, 6.45) is -0.811. The molecule has 1 heterocycles. The average molecular weight is 476 g/mol. The summed E-state index contributed by atoms with van der Waals surface area (Å²) < 4.78 is 58.1. The average Bonchev–Trinajstić information content (AvgIpc) is 2.78. The van der Waals surface area contributed by atoms with Gasteiger partial charge in [0.05, 0.1) is 18.4 Å². The predicted octanol–water partition coefficient (Wildman–Crippen LogP) is 6.87. The Bertz CT molecular complexity index is 1190. The lowest BCUT2D eigenvalue weighted by Gasteiger charge is -2.37. The Kier molecular flexibility index (Phi) is 6.98. The van der Waals surface area contributed by atoms with E-state index in [9.17, 15) is 18.0 Å². The summed E-state index contributed by atoms with van der Waals surface area (Å²) in [6.45, 7) is 5.60. The first kappa shape index (κ1) is 24.5. The van der Waals surface area contributed by atoms with Gasteiger partial charge in [-0.2, -0.15) is 13.2 Å². The smallest absolute Gasteiger partial charge is 0.418 e. The van der Waals surface area contributed by atoms with Crippen molar-refractivity contribution in [3.8, 4) is 11.5 Å². The van der Waals surface area contributed by atoms with Gasteiger partial charge in [-0.15, -0.1) is 0 Å². The van der Waals surface area contributed by atoms with E-state index in [0.29, 0.717) is 17.2 Å². The Morgan fingerprint density at radius 1 is 0.970 bits per heavy atom. The predicted molar refractivity (Wildman–Crippen MR) is 123 cm³/mol. The maximum atomic E-state index is 13.8. The summed E-state index contributed by atoms with van der Waals surface area (Å²) in [5.74, 6) is 0.554. The molecule has 0 aliphatic rings. The third kappa shape index (κ3) is 5.11. The lowest BCUT2D eigenvalue weighted by atomic mass is 10.2. The van der Waals surface area contributed by atoms with E-state index in [4.69, 9.17) is 14.0 Å². The monoisotopic (exact) mass is 476 g/mol. The number of carbonyl (C=O) groups excluding carboxylic acids is 1. The molecular weight excluding hydrogens is 452 g/mol. The van der Waals surface area contributed by atoms with Crippen molar-refractivity contribution in [2.24, 2.45) is 4.74 Å². The number of nitrogens with zero attached hydrogens (tertiary/aromatic N) is 2. The molecule has 0 aliphatic carbocycles. The van der Waals surface area contributed by atoms with Crippen LogP contribution in [0.3, 0.4) is 0 Å². The number of hydrogen-bond acceptors (Lipinski definition) is 5. The highest BCUT2D eigenvalue weighted by molar-refractivity contribution is 7.71. The SMILES string of the molecule is COc1cc(C=O)ccc1OP(=Nc1ccccc1C(F)(F)F)(c1ccncc1)C(C)(C)C. The van der Waals surface area contributed by atoms with Crippen LogP contribution in [0, 0.1) is 0 Å². The van der Waals surface area contributed by atoms with E-state index in [1.165, 1.54) is 31.4 Å². The van der Waals surface area contributed by atoms with Gasteiger partial charge in [0, 0.05) is 28.4 Å². The Hall–Kier alpha value is -3.12. The molecule has 1 unspecified atom stereocenters. The number of aromatic nitrogens is 1. The third-order valence-electron chi connectivity index (χ3n) is 4.93. The van der Waals surface area contributed by atoms with Crippen molar-refractivity contribution in [2.45, 2.75) is 32.1 Å². The molecule has 0 radical (unpaired) electrons. The van der Waals surface area contributed by atoms with Crippen LogP contribution < -0.4 is 14.6 Å². The standard InChI is InChI=1S/C24H24F3N2O3P/c1-23(2,3)33(18-11-13-28-14-12-18,29-20-8-6-5-7-19(20)24(25,26)27)32-21-10-9-17(16-30)15-22(21)31-4/h5-16H,1-4H3. The summed E-state index contributed by atoms with van der Waals surface area (Å²) in [7, 11) is -1.79. The van der Waals surface area contributed by atoms with E-state index < -0.39 is 24.2 Å². The van der Waals surface area contributed by atoms with E-state index in [1.807, 2.05) is 20.8 Å². The van der Waals surface area contributed by atoms with E-state index >= 15 is 0 Å². The highest BCUT2D eigenvalue weighted by atomic mass is 31.2. The molecule has 1 aromatic heterocycles. The van der Waals surface area contributed by atoms with Crippen LogP contribution in [-0.2, 0) is 6.18 Å². The van der Waals surface area contributed by atoms with Gasteiger partial charge < -0.3 is 9.26 Å². The fourth-order valence-electron chi connectivity index (χ4n) is 3.28. The number of benzene rings is 2. The molecule has 0 saturated carbocycles. The molecule has 0 amide bonds. The van der Waals surface area contributed by atoms with Gasteiger partial charge in [0.2, 0.25) is 0 Å². The second-order valence-corrected chi connectivity index (χ2v) is 11.6. The van der Waals surface area contributed by atoms with E-state index in [2.05, 4.69) is 4.98 Å². The van der Waals surface area contributed by atoms with Crippen LogP contribution in [0.5, 0.6) is 11.5 Å². The first-order chi connectivity index (χ1) is 15.5. The van der Waals surface area contributed by atoms with Crippen molar-refractivity contribution in [3.63, 3.8) is 0 Å². The minimum Gasteiger partial charge on any atom is -0.493 e. The molecule has 3 rings (SSSR count). The van der Waals surface area contributed by atoms with Crippen LogP contribution in [-0.4, -0.2) is 23.5 Å². The van der Waals surface area contributed by atoms with Crippen molar-refractivity contribution in [1.29, 1.82) is 0 Å². The quantitative estimate of drug-likeness (QED) is 0.288. The van der Waals surface area contributed by atoms with Crippen LogP contribution in [0.15, 0.2) is 71.7 Å². The number of hydrogen-bond donors (Lipinski definition) is 0. The van der Waals surface area contributed by atoms with Gasteiger partial charge in [-0.25, -0.2) is 4.74 Å². The normalized spacial score (nSPS) is 13.7. The summed E-state index contributed by atoms with van der Waals surface area (Å²) in [5, 5.41) is -0.106. The van der Waals surface area contributed by atoms with Crippen molar-refractivity contribution >= 4 is 24.6 Å². The molecular formula is C24H24F3N2O3P. The minimum absolute atomic E-state index is 0.214. The van der Waals surface area contributed by atoms with E-state index in [0.717, 1.165) is 6.07 Å². The molecule has 33 heavy (non-hydrogen) atoms. The van der Waals surface area contributed by atoms with Crippen molar-refractivity contribution in [2.75, 3.05) is 7.11 Å². The summed E-state index contributed by atoms with van der Waals surface area (Å²) >= 11 is 0. The zero-order valence-corrected chi connectivity index (χ0v) is 19.5. The molecule has 3 aromatic rings. The third-order valence-corrected chi connectivity index (χ3v) is 8.71. The number of aldehydes is 1. The topological polar surface area (TPSA) is 60.8 Å². The lowest BCUT2D eigenvalue weighted by molar-refractivity contribution is -0.137. The number of rotatable bonds is 6. The number of pyridine rings is 1. The maximum Gasteiger partial charge on any atom is 0.418 e. The largest absolute Gasteiger partial charge is 0.493 e. The molecule has 0 spiro atoms. The second-order valence-electron chi connectivity index (χ2n) is 8.19. The van der Waals surface area contributed by atoms with Crippen LogP contribution in [0.1, 0.15) is 36.7 Å². The van der Waals surface area contributed by atoms with Crippen LogP contribution in [0.25, 0.3) is 0 Å². The molecule has 2 aromatic carbocycles. The molecule has 5 nitrogen and oxygen atoms in total. The van der Waals surface area contributed by atoms with Gasteiger partial charge in [0.1, 0.15) is 6.29 Å². The fourth-order valence-corrected chi connectivity index (χ4v) is 6.34. The van der Waals surface area contributed by atoms with Crippen molar-refractivity contribution in [1.82, 2.24) is 4.98 Å². The molecule has 0 bridgehead atoms. The highest BCUT2D eigenvalue weighted by Gasteiger charge is 2.41. The Morgan fingerprint density at radius 3 is 2.21 bits per heavy atom. The summed E-state index contributed by atoms with van der Waals surface area (Å²) in [5.41, 5.74) is -0.685. The highest BCUT2D eigenvalue weighted by Crippen LogP contribution is 2.63. The van der Waals surface area contributed by atoms with E-state index in [-0.39, 0.29) is 17.2 Å². The van der Waals surface area contributed by atoms with Gasteiger partial charge in [0.15, 0.2) is 18.8 Å². The molecule has 0 saturated heterocycles. The summed E-state index contributed by atoms with van der Waals surface area (Å²) in [6, 6.07) is 13.2. The molecule has 9 heteroatoms. The number of methoxy groups -OCH3 is 1. The van der Waals surface area contributed by atoms with E-state index in [1.54, 1.807) is 36.7 Å². The van der Waals surface area contributed by atoms with Crippen LogP contribution >= 0.6 is 7.28 Å². The molecule has 0 N–H and O–H groups in total. The van der Waals surface area contributed by atoms with Crippen LogP contribution in [0.2, 0.25) is 0 Å². The number of carbonyl (C=O) groups is 1. The minimum atomic E-state index is -4.59. The lowest BCUT2D eigenvalue weighted by Crippen LogP contribution is -2.27. The Labute approximate surface area is 190 Å². The molecule has 0 fully saturated rings. The van der Waals surface area contributed by atoms with Gasteiger partial charge in [-0.3, -0.25) is 9.78 Å². The second kappa shape index (κ2) is 9.40. The van der Waals surface area contributed by atoms with Gasteiger partial charge >= 0.3 is 6.18 Å². The molecule has 1 atom stereocenters. The summed E-state index contributed by atoms with van der Waals surface area (Å²) in [4.78, 5) is 15.2. The maximum absolute atomic E-state index is 13.8. The first-order valence-electron chi connectivity index (χ1n) is 10.0. The van der Waals surface area contributed by atoms with Gasteiger partial charge in [-0.1, -0.05) is 32.9 Å². The van der Waals surface area contributed by atoms with Gasteiger partial charge in [0.25, 0.3) is 0 Å². The zero-order chi connectivity index (χ0) is 24.3. The van der Waals surface area contributed by atoms with Gasteiger partial charge in [-0.05, 0) is 42.5 Å². The fraction of sp³-hybridized carbons (Fsp3) is 0.250. The Balaban J connectivity index is 2.38. The molecule has 0 aliphatic heterocycles.